The Morgan fingerprint density at radius 2 is 2.25 bits per heavy atom. The van der Waals surface area contributed by atoms with Gasteiger partial charge in [-0.05, 0) is 12.1 Å². The molecule has 0 aliphatic rings. The summed E-state index contributed by atoms with van der Waals surface area (Å²) < 4.78 is 4.37. The molecule has 0 fully saturated rings. The standard InChI is InChI=1S/C10H8ClNO4/c1-16-10(13)6-5-7-8(11)3-2-4-9(7)12(14)15/h2-6H,1H3. The minimum atomic E-state index is -0.603. The van der Waals surface area contributed by atoms with Gasteiger partial charge in [0.15, 0.2) is 0 Å². The van der Waals surface area contributed by atoms with E-state index in [0.29, 0.717) is 0 Å². The molecule has 16 heavy (non-hydrogen) atoms. The molecule has 0 unspecified atom stereocenters. The summed E-state index contributed by atoms with van der Waals surface area (Å²) in [5, 5.41) is 10.9. The molecule has 5 nitrogen and oxygen atoms in total. The molecule has 1 aromatic carbocycles. The Hall–Kier alpha value is -1.88. The lowest BCUT2D eigenvalue weighted by Gasteiger charge is -1.99. The second-order valence-electron chi connectivity index (χ2n) is 2.79. The van der Waals surface area contributed by atoms with E-state index in [2.05, 4.69) is 4.74 Å². The molecule has 0 saturated carbocycles. The molecule has 0 atom stereocenters. The van der Waals surface area contributed by atoms with Crippen LogP contribution in [-0.2, 0) is 9.53 Å². The summed E-state index contributed by atoms with van der Waals surface area (Å²) in [5.41, 5.74) is 0.0206. The van der Waals surface area contributed by atoms with Gasteiger partial charge in [0.2, 0.25) is 0 Å². The Labute approximate surface area is 96.4 Å². The largest absolute Gasteiger partial charge is 0.466 e. The molecule has 0 aliphatic carbocycles. The van der Waals surface area contributed by atoms with Crippen LogP contribution in [0.3, 0.4) is 0 Å². The lowest BCUT2D eigenvalue weighted by atomic mass is 10.1. The number of hydrogen-bond donors (Lipinski definition) is 0. The van der Waals surface area contributed by atoms with Crippen molar-refractivity contribution >= 4 is 29.3 Å². The lowest BCUT2D eigenvalue weighted by Crippen LogP contribution is -1.95. The van der Waals surface area contributed by atoms with E-state index in [-0.39, 0.29) is 16.3 Å². The maximum absolute atomic E-state index is 10.9. The monoisotopic (exact) mass is 241 g/mol. The molecule has 1 aromatic rings. The molecule has 84 valence electrons. The third kappa shape index (κ3) is 2.80. The molecule has 0 N–H and O–H groups in total. The second-order valence-corrected chi connectivity index (χ2v) is 3.19. The molecule has 0 heterocycles. The molecular weight excluding hydrogens is 234 g/mol. The number of nitro groups is 1. The van der Waals surface area contributed by atoms with E-state index in [1.54, 1.807) is 0 Å². The quantitative estimate of drug-likeness (QED) is 0.353. The Kier molecular flexibility index (Phi) is 4.02. The molecule has 6 heteroatoms. The molecule has 0 spiro atoms. The van der Waals surface area contributed by atoms with Crippen LogP contribution in [0.2, 0.25) is 5.02 Å². The highest BCUT2D eigenvalue weighted by atomic mass is 35.5. The van der Waals surface area contributed by atoms with E-state index < -0.39 is 10.9 Å². The van der Waals surface area contributed by atoms with Gasteiger partial charge in [0.05, 0.1) is 22.6 Å². The molecular formula is C10H8ClNO4. The van der Waals surface area contributed by atoms with E-state index in [1.165, 1.54) is 31.4 Å². The van der Waals surface area contributed by atoms with Gasteiger partial charge in [0.25, 0.3) is 5.69 Å². The Morgan fingerprint density at radius 3 is 2.81 bits per heavy atom. The van der Waals surface area contributed by atoms with E-state index in [1.807, 2.05) is 0 Å². The van der Waals surface area contributed by atoms with E-state index in [4.69, 9.17) is 11.6 Å². The van der Waals surface area contributed by atoms with Crippen molar-refractivity contribution in [1.29, 1.82) is 0 Å². The number of methoxy groups -OCH3 is 1. The van der Waals surface area contributed by atoms with Crippen LogP contribution in [0.15, 0.2) is 24.3 Å². The third-order valence-corrected chi connectivity index (χ3v) is 2.14. The number of carbonyl (C=O) groups is 1. The highest BCUT2D eigenvalue weighted by molar-refractivity contribution is 6.32. The normalized spacial score (nSPS) is 10.4. The van der Waals surface area contributed by atoms with E-state index in [9.17, 15) is 14.9 Å². The summed E-state index contributed by atoms with van der Waals surface area (Å²) in [6.45, 7) is 0. The first-order chi connectivity index (χ1) is 7.56. The van der Waals surface area contributed by atoms with Gasteiger partial charge in [0, 0.05) is 12.1 Å². The minimum absolute atomic E-state index is 0.160. The van der Waals surface area contributed by atoms with Crippen molar-refractivity contribution in [3.63, 3.8) is 0 Å². The summed E-state index contributed by atoms with van der Waals surface area (Å²) in [5.74, 6) is -0.603. The van der Waals surface area contributed by atoms with E-state index in [0.717, 1.165) is 6.08 Å². The van der Waals surface area contributed by atoms with Gasteiger partial charge in [-0.15, -0.1) is 0 Å². The molecule has 0 amide bonds. The van der Waals surface area contributed by atoms with Crippen LogP contribution in [0.1, 0.15) is 5.56 Å². The molecule has 0 aliphatic heterocycles. The Balaban J connectivity index is 3.16. The van der Waals surface area contributed by atoms with Crippen LogP contribution >= 0.6 is 11.6 Å². The fourth-order valence-electron chi connectivity index (χ4n) is 1.07. The molecule has 0 saturated heterocycles. The van der Waals surface area contributed by atoms with Gasteiger partial charge < -0.3 is 4.74 Å². The Bertz CT molecular complexity index is 456. The van der Waals surface area contributed by atoms with Gasteiger partial charge in [-0.25, -0.2) is 4.79 Å². The summed E-state index contributed by atoms with van der Waals surface area (Å²) in [4.78, 5) is 21.0. The maximum Gasteiger partial charge on any atom is 0.330 e. The number of ether oxygens (including phenoxy) is 1. The SMILES string of the molecule is COC(=O)C=Cc1c(Cl)cccc1[N+](=O)[O-]. The number of rotatable bonds is 3. The number of esters is 1. The van der Waals surface area contributed by atoms with Gasteiger partial charge in [-0.1, -0.05) is 17.7 Å². The third-order valence-electron chi connectivity index (χ3n) is 1.81. The minimum Gasteiger partial charge on any atom is -0.466 e. The summed E-state index contributed by atoms with van der Waals surface area (Å²) in [6.07, 6.45) is 2.33. The van der Waals surface area contributed by atoms with Crippen molar-refractivity contribution in [2.24, 2.45) is 0 Å². The number of halogens is 1. The zero-order valence-electron chi connectivity index (χ0n) is 8.34. The number of benzene rings is 1. The number of nitro benzene ring substituents is 1. The maximum atomic E-state index is 10.9. The van der Waals surface area contributed by atoms with Gasteiger partial charge in [0.1, 0.15) is 0 Å². The topological polar surface area (TPSA) is 69.4 Å². The van der Waals surface area contributed by atoms with Crippen LogP contribution in [0.5, 0.6) is 0 Å². The number of hydrogen-bond acceptors (Lipinski definition) is 4. The highest BCUT2D eigenvalue weighted by Crippen LogP contribution is 2.27. The van der Waals surface area contributed by atoms with Crippen LogP contribution in [-0.4, -0.2) is 18.0 Å². The van der Waals surface area contributed by atoms with Gasteiger partial charge in [-0.2, -0.15) is 0 Å². The first-order valence-electron chi connectivity index (χ1n) is 4.25. The molecule has 0 aromatic heterocycles. The second kappa shape index (κ2) is 5.27. The zero-order chi connectivity index (χ0) is 12.1. The zero-order valence-corrected chi connectivity index (χ0v) is 9.10. The fraction of sp³-hybridized carbons (Fsp3) is 0.100. The van der Waals surface area contributed by atoms with E-state index >= 15 is 0 Å². The number of carbonyl (C=O) groups excluding carboxylic acids is 1. The average Bonchev–Trinajstić information content (AvgIpc) is 2.26. The van der Waals surface area contributed by atoms with Crippen molar-refractivity contribution in [2.75, 3.05) is 7.11 Å². The first kappa shape index (κ1) is 12.2. The molecule has 0 bridgehead atoms. The lowest BCUT2D eigenvalue weighted by molar-refractivity contribution is -0.385. The predicted octanol–water partition coefficient (Wildman–Crippen LogP) is 2.43. The van der Waals surface area contributed by atoms with Crippen molar-refractivity contribution in [1.82, 2.24) is 0 Å². The summed E-state index contributed by atoms with van der Waals surface area (Å²) in [6, 6.07) is 4.28. The summed E-state index contributed by atoms with van der Waals surface area (Å²) in [7, 11) is 1.22. The number of nitrogens with zero attached hydrogens (tertiary/aromatic N) is 1. The van der Waals surface area contributed by atoms with Crippen LogP contribution < -0.4 is 0 Å². The van der Waals surface area contributed by atoms with Crippen LogP contribution in [0.25, 0.3) is 6.08 Å². The highest BCUT2D eigenvalue weighted by Gasteiger charge is 2.14. The van der Waals surface area contributed by atoms with Crippen LogP contribution in [0, 0.1) is 10.1 Å². The Morgan fingerprint density at radius 1 is 1.56 bits per heavy atom. The van der Waals surface area contributed by atoms with Crippen molar-refractivity contribution in [2.45, 2.75) is 0 Å². The van der Waals surface area contributed by atoms with Crippen LogP contribution in [0.4, 0.5) is 5.69 Å². The first-order valence-corrected chi connectivity index (χ1v) is 4.63. The molecule has 1 rings (SSSR count). The van der Waals surface area contributed by atoms with Crippen molar-refractivity contribution < 1.29 is 14.5 Å². The van der Waals surface area contributed by atoms with Gasteiger partial charge in [-0.3, -0.25) is 10.1 Å². The predicted molar refractivity (Wildman–Crippen MR) is 59.2 cm³/mol. The average molecular weight is 242 g/mol. The van der Waals surface area contributed by atoms with Gasteiger partial charge >= 0.3 is 5.97 Å². The smallest absolute Gasteiger partial charge is 0.330 e. The summed E-state index contributed by atoms with van der Waals surface area (Å²) >= 11 is 5.79. The molecule has 0 radical (unpaired) electrons. The van der Waals surface area contributed by atoms with Crippen molar-refractivity contribution in [3.05, 3.63) is 45.0 Å². The fourth-order valence-corrected chi connectivity index (χ4v) is 1.30. The van der Waals surface area contributed by atoms with Crippen molar-refractivity contribution in [3.8, 4) is 0 Å².